The number of hydrogen-bond acceptors (Lipinski definition) is 8. The van der Waals surface area contributed by atoms with Gasteiger partial charge in [-0.05, 0) is 63.9 Å². The predicted octanol–water partition coefficient (Wildman–Crippen LogP) is 6.41. The lowest BCUT2D eigenvalue weighted by Gasteiger charge is -2.36. The molecule has 0 bridgehead atoms. The van der Waals surface area contributed by atoms with E-state index < -0.39 is 56.9 Å². The minimum absolute atomic E-state index is 0.0671. The number of nitrogens with one attached hydrogen (secondary N) is 2. The topological polar surface area (TPSA) is 136 Å². The van der Waals surface area contributed by atoms with Gasteiger partial charge in [0.1, 0.15) is 29.1 Å². The first-order valence-electron chi connectivity index (χ1n) is 15.9. The summed E-state index contributed by atoms with van der Waals surface area (Å²) in [5.74, 6) is -2.19. The zero-order valence-electron chi connectivity index (χ0n) is 27.8. The van der Waals surface area contributed by atoms with Gasteiger partial charge in [0.25, 0.3) is 5.56 Å². The quantitative estimate of drug-likeness (QED) is 0.205. The zero-order valence-corrected chi connectivity index (χ0v) is 28.7. The smallest absolute Gasteiger partial charge is 0.410 e. The number of rotatable bonds is 9. The molecule has 1 aliphatic rings. The number of ether oxygens (including phenoxy) is 1. The van der Waals surface area contributed by atoms with Gasteiger partial charge in [-0.2, -0.15) is 4.98 Å². The standard InChI is InChI=1S/C34H39F3N6O5S/c1-6-20(2)43-30-23(16-38-32(40-30)39-25-15-24(35)17-42(18-25)33(45)48-34(3,4)5)13-26(31(43)44)21-11-12-29(28(37)14-21)41-49(46,47)19-22-9-7-8-10-27(22)36/h7-14,16,20,24-25,41H,6,15,17-19H2,1-5H3,(H,38,39,40)/t20-,24?,25?/m0/s1. The van der Waals surface area contributed by atoms with Crippen molar-refractivity contribution in [3.05, 3.63) is 82.3 Å². The van der Waals surface area contributed by atoms with E-state index in [1.54, 1.807) is 20.8 Å². The van der Waals surface area contributed by atoms with E-state index >= 15 is 4.39 Å². The number of aromatic nitrogens is 3. The van der Waals surface area contributed by atoms with Crippen molar-refractivity contribution in [2.45, 2.75) is 77.1 Å². The van der Waals surface area contributed by atoms with Crippen molar-refractivity contribution in [2.75, 3.05) is 23.1 Å². The maximum absolute atomic E-state index is 15.3. The monoisotopic (exact) mass is 700 g/mol. The fourth-order valence-electron chi connectivity index (χ4n) is 5.58. The van der Waals surface area contributed by atoms with Gasteiger partial charge in [0, 0.05) is 47.8 Å². The maximum Gasteiger partial charge on any atom is 0.410 e. The van der Waals surface area contributed by atoms with E-state index in [0.29, 0.717) is 17.5 Å². The molecule has 1 amide bonds. The summed E-state index contributed by atoms with van der Waals surface area (Å²) in [6.07, 6.45) is 0.241. The Hall–Kier alpha value is -4.66. The first kappa shape index (κ1) is 35.6. The summed E-state index contributed by atoms with van der Waals surface area (Å²) in [5, 5.41) is 3.57. The number of hydrogen-bond donors (Lipinski definition) is 2. The van der Waals surface area contributed by atoms with Crippen LogP contribution in [-0.2, 0) is 20.5 Å². The average molecular weight is 701 g/mol. The number of alkyl halides is 1. The van der Waals surface area contributed by atoms with E-state index in [2.05, 4.69) is 20.0 Å². The van der Waals surface area contributed by atoms with Crippen molar-refractivity contribution >= 4 is 38.8 Å². The van der Waals surface area contributed by atoms with Crippen LogP contribution in [0.4, 0.5) is 29.6 Å². The number of halogens is 3. The minimum atomic E-state index is -4.17. The van der Waals surface area contributed by atoms with Gasteiger partial charge in [-0.3, -0.25) is 14.1 Å². The maximum atomic E-state index is 15.3. The van der Waals surface area contributed by atoms with Crippen LogP contribution in [0.2, 0.25) is 0 Å². The fraction of sp³-hybridized carbons (Fsp3) is 0.412. The second-order valence-electron chi connectivity index (χ2n) is 13.2. The highest BCUT2D eigenvalue weighted by Crippen LogP contribution is 2.28. The molecule has 0 radical (unpaired) electrons. The van der Waals surface area contributed by atoms with E-state index in [1.807, 2.05) is 13.8 Å². The van der Waals surface area contributed by atoms with Crippen molar-refractivity contribution in [3.8, 4) is 11.1 Å². The number of likely N-dealkylation sites (tertiary alicyclic amines) is 1. The third-order valence-corrected chi connectivity index (χ3v) is 9.26. The van der Waals surface area contributed by atoms with E-state index in [1.165, 1.54) is 52.1 Å². The molecule has 2 unspecified atom stereocenters. The molecule has 0 spiro atoms. The molecule has 49 heavy (non-hydrogen) atoms. The molecule has 1 saturated heterocycles. The molecule has 2 aromatic heterocycles. The van der Waals surface area contributed by atoms with Crippen LogP contribution in [0.15, 0.2) is 59.5 Å². The highest BCUT2D eigenvalue weighted by Gasteiger charge is 2.33. The molecule has 2 aromatic carbocycles. The zero-order chi connectivity index (χ0) is 35.7. The van der Waals surface area contributed by atoms with Crippen LogP contribution in [0.25, 0.3) is 22.2 Å². The molecule has 11 nitrogen and oxygen atoms in total. The molecule has 2 N–H and O–H groups in total. The van der Waals surface area contributed by atoms with Crippen molar-refractivity contribution in [2.24, 2.45) is 0 Å². The number of nitrogens with zero attached hydrogens (tertiary/aromatic N) is 4. The summed E-state index contributed by atoms with van der Waals surface area (Å²) in [4.78, 5) is 36.8. The van der Waals surface area contributed by atoms with Crippen LogP contribution in [0.3, 0.4) is 0 Å². The Morgan fingerprint density at radius 1 is 1.10 bits per heavy atom. The highest BCUT2D eigenvalue weighted by atomic mass is 32.2. The Bertz CT molecular complexity index is 2040. The van der Waals surface area contributed by atoms with Crippen LogP contribution >= 0.6 is 0 Å². The van der Waals surface area contributed by atoms with Crippen molar-refractivity contribution in [1.29, 1.82) is 0 Å². The van der Waals surface area contributed by atoms with Gasteiger partial charge in [0.15, 0.2) is 0 Å². The Kier molecular flexibility index (Phi) is 10.2. The molecule has 262 valence electrons. The van der Waals surface area contributed by atoms with Gasteiger partial charge >= 0.3 is 6.09 Å². The summed E-state index contributed by atoms with van der Waals surface area (Å²) in [6, 6.07) is 9.73. The minimum Gasteiger partial charge on any atom is -0.444 e. The molecule has 4 aromatic rings. The van der Waals surface area contributed by atoms with E-state index in [0.717, 1.165) is 12.1 Å². The molecule has 0 saturated carbocycles. The number of anilines is 2. The normalized spacial score (nSPS) is 17.5. The van der Waals surface area contributed by atoms with Gasteiger partial charge < -0.3 is 15.0 Å². The molecule has 1 fully saturated rings. The Morgan fingerprint density at radius 2 is 1.84 bits per heavy atom. The van der Waals surface area contributed by atoms with Gasteiger partial charge in [0.05, 0.1) is 18.0 Å². The third kappa shape index (κ3) is 8.50. The number of carbonyl (C=O) groups is 1. The largest absolute Gasteiger partial charge is 0.444 e. The van der Waals surface area contributed by atoms with Crippen LogP contribution in [-0.4, -0.2) is 64.9 Å². The molecule has 0 aliphatic carbocycles. The SMILES string of the molecule is CC[C@H](C)n1c(=O)c(-c2ccc(NS(=O)(=O)Cc3ccccc3F)c(F)c2)cc2cnc(NC3CC(F)CN(C(=O)OC(C)(C)C)C3)nc21. The van der Waals surface area contributed by atoms with Gasteiger partial charge in [-0.1, -0.05) is 31.2 Å². The van der Waals surface area contributed by atoms with E-state index in [4.69, 9.17) is 4.74 Å². The first-order chi connectivity index (χ1) is 23.0. The van der Waals surface area contributed by atoms with Crippen LogP contribution in [0.5, 0.6) is 0 Å². The third-order valence-electron chi connectivity index (χ3n) is 8.04. The molecule has 15 heteroatoms. The lowest BCUT2D eigenvalue weighted by atomic mass is 10.0. The summed E-state index contributed by atoms with van der Waals surface area (Å²) >= 11 is 0. The number of pyridine rings is 1. The molecule has 1 aliphatic heterocycles. The molecular weight excluding hydrogens is 661 g/mol. The van der Waals surface area contributed by atoms with Crippen LogP contribution in [0, 0.1) is 11.6 Å². The Labute approximate surface area is 282 Å². The number of carbonyl (C=O) groups excluding carboxylic acids is 1. The number of amides is 1. The average Bonchev–Trinajstić information content (AvgIpc) is 3.01. The fourth-order valence-corrected chi connectivity index (χ4v) is 6.79. The number of fused-ring (bicyclic) bond motifs is 1. The van der Waals surface area contributed by atoms with E-state index in [-0.39, 0.29) is 53.9 Å². The summed E-state index contributed by atoms with van der Waals surface area (Å²) < 4.78 is 78.5. The van der Waals surface area contributed by atoms with Crippen LogP contribution in [0.1, 0.15) is 59.1 Å². The van der Waals surface area contributed by atoms with Gasteiger partial charge in [-0.15, -0.1) is 0 Å². The van der Waals surface area contributed by atoms with Crippen LogP contribution < -0.4 is 15.6 Å². The van der Waals surface area contributed by atoms with E-state index in [9.17, 15) is 26.8 Å². The number of sulfonamides is 1. The van der Waals surface area contributed by atoms with Crippen molar-refractivity contribution in [1.82, 2.24) is 19.4 Å². The molecule has 5 rings (SSSR count). The second-order valence-corrected chi connectivity index (χ2v) is 14.9. The lowest BCUT2D eigenvalue weighted by Crippen LogP contribution is -2.51. The summed E-state index contributed by atoms with van der Waals surface area (Å²) in [6.45, 7) is 9.00. The lowest BCUT2D eigenvalue weighted by molar-refractivity contribution is 0.0124. The first-order valence-corrected chi connectivity index (χ1v) is 17.5. The van der Waals surface area contributed by atoms with Gasteiger partial charge in [0.2, 0.25) is 16.0 Å². The van der Waals surface area contributed by atoms with Crippen molar-refractivity contribution < 1.29 is 31.1 Å². The highest BCUT2D eigenvalue weighted by molar-refractivity contribution is 7.91. The summed E-state index contributed by atoms with van der Waals surface area (Å²) in [5.41, 5.74) is -0.991. The summed E-state index contributed by atoms with van der Waals surface area (Å²) in [7, 11) is -4.17. The Morgan fingerprint density at radius 3 is 2.51 bits per heavy atom. The predicted molar refractivity (Wildman–Crippen MR) is 182 cm³/mol. The molecular formula is C34H39F3N6O5S. The Balaban J connectivity index is 1.42. The van der Waals surface area contributed by atoms with Gasteiger partial charge in [-0.25, -0.2) is 31.4 Å². The van der Waals surface area contributed by atoms with Crippen molar-refractivity contribution in [3.63, 3.8) is 0 Å². The number of benzene rings is 2. The molecule has 3 heterocycles. The molecule has 3 atom stereocenters. The number of piperidine rings is 1. The second kappa shape index (κ2) is 14.1.